The fraction of sp³-hybridized carbons (Fsp3) is 0.0400. The van der Waals surface area contributed by atoms with Gasteiger partial charge in [0, 0.05) is 16.5 Å². The molecule has 1 aliphatic heterocycles. The van der Waals surface area contributed by atoms with E-state index in [1.54, 1.807) is 0 Å². The van der Waals surface area contributed by atoms with Crippen LogP contribution in [0.1, 0.15) is 5.56 Å². The highest BCUT2D eigenvalue weighted by atomic mass is 16.6. The third kappa shape index (κ3) is 2.10. The van der Waals surface area contributed by atoms with E-state index in [1.807, 2.05) is 36.4 Å². The smallest absolute Gasteiger partial charge is 0.194 e. The van der Waals surface area contributed by atoms with Crippen molar-refractivity contribution >= 4 is 21.8 Å². The number of fused-ring (bicyclic) bond motifs is 6. The summed E-state index contributed by atoms with van der Waals surface area (Å²) in [4.78, 5) is 0. The number of aryl methyl sites for hydroxylation is 1. The van der Waals surface area contributed by atoms with Gasteiger partial charge in [0.1, 0.15) is 5.52 Å². The molecule has 0 fully saturated rings. The molecule has 0 atom stereocenters. The summed E-state index contributed by atoms with van der Waals surface area (Å²) >= 11 is 0. The highest BCUT2D eigenvalue weighted by Gasteiger charge is 2.25. The van der Waals surface area contributed by atoms with Gasteiger partial charge in [0.15, 0.2) is 23.0 Å². The molecule has 0 spiro atoms. The van der Waals surface area contributed by atoms with Crippen molar-refractivity contribution in [3.63, 3.8) is 0 Å². The molecule has 0 aliphatic carbocycles. The van der Waals surface area contributed by atoms with Crippen LogP contribution < -0.4 is 9.47 Å². The fourth-order valence-corrected chi connectivity index (χ4v) is 4.04. The molecule has 0 saturated heterocycles. The quantitative estimate of drug-likeness (QED) is 0.314. The molecule has 0 radical (unpaired) electrons. The molecular weight excluding hydrogens is 346 g/mol. The van der Waals surface area contributed by atoms with E-state index in [9.17, 15) is 0 Å². The lowest BCUT2D eigenvalue weighted by atomic mass is 10.1. The third-order valence-electron chi connectivity index (χ3n) is 5.30. The number of nitrogens with zero attached hydrogens (tertiary/aromatic N) is 1. The van der Waals surface area contributed by atoms with Gasteiger partial charge < -0.3 is 14.0 Å². The van der Waals surface area contributed by atoms with E-state index < -0.39 is 0 Å². The second-order valence-corrected chi connectivity index (χ2v) is 7.13. The molecule has 0 unspecified atom stereocenters. The molecule has 2 heterocycles. The van der Waals surface area contributed by atoms with Crippen LogP contribution in [0.15, 0.2) is 84.9 Å². The number of rotatable bonds is 1. The standard InChI is InChI=1S/C25H17NO2/c1-16-11-13-20-19(15-16)18-12-14-23-25(28-22-10-6-5-9-21(22)27-23)24(18)26(20)17-7-3-2-4-8-17/h2-15H,1H3. The fourth-order valence-electron chi connectivity index (χ4n) is 4.04. The number of aromatic nitrogens is 1. The van der Waals surface area contributed by atoms with Crippen LogP contribution in [0.4, 0.5) is 0 Å². The SMILES string of the molecule is Cc1ccc2c(c1)c1ccc3c(c1n2-c1ccccc1)Oc1ccccc1O3. The number of hydrogen-bond donors (Lipinski definition) is 0. The van der Waals surface area contributed by atoms with Gasteiger partial charge in [-0.25, -0.2) is 0 Å². The van der Waals surface area contributed by atoms with Crippen LogP contribution in [0, 0.1) is 6.92 Å². The Morgan fingerprint density at radius 3 is 2.21 bits per heavy atom. The molecule has 0 N–H and O–H groups in total. The van der Waals surface area contributed by atoms with Gasteiger partial charge in [-0.2, -0.15) is 0 Å². The summed E-state index contributed by atoms with van der Waals surface area (Å²) < 4.78 is 14.8. The van der Waals surface area contributed by atoms with Crippen LogP contribution in [0.5, 0.6) is 23.0 Å². The third-order valence-corrected chi connectivity index (χ3v) is 5.30. The van der Waals surface area contributed by atoms with Crippen molar-refractivity contribution in [2.24, 2.45) is 0 Å². The average molecular weight is 363 g/mol. The molecule has 134 valence electrons. The predicted octanol–water partition coefficient (Wildman–Crippen LogP) is 6.99. The maximum atomic E-state index is 6.37. The van der Waals surface area contributed by atoms with Crippen molar-refractivity contribution in [1.82, 2.24) is 4.57 Å². The Morgan fingerprint density at radius 2 is 1.39 bits per heavy atom. The number of benzene rings is 4. The average Bonchev–Trinajstić information content (AvgIpc) is 3.07. The van der Waals surface area contributed by atoms with E-state index in [2.05, 4.69) is 60.0 Å². The lowest BCUT2D eigenvalue weighted by molar-refractivity contribution is 0.362. The van der Waals surface area contributed by atoms with Gasteiger partial charge in [-0.3, -0.25) is 0 Å². The molecule has 1 aromatic heterocycles. The van der Waals surface area contributed by atoms with Crippen molar-refractivity contribution in [1.29, 1.82) is 0 Å². The molecule has 0 saturated carbocycles. The summed E-state index contributed by atoms with van der Waals surface area (Å²) in [5, 5.41) is 2.37. The van der Waals surface area contributed by atoms with E-state index in [0.29, 0.717) is 0 Å². The van der Waals surface area contributed by atoms with Crippen molar-refractivity contribution in [3.05, 3.63) is 90.5 Å². The van der Waals surface area contributed by atoms with Crippen molar-refractivity contribution in [3.8, 4) is 28.7 Å². The Hall–Kier alpha value is -3.72. The van der Waals surface area contributed by atoms with E-state index in [0.717, 1.165) is 45.1 Å². The Labute approximate surface area is 162 Å². The summed E-state index contributed by atoms with van der Waals surface area (Å²) in [5.74, 6) is 2.98. The normalized spacial score (nSPS) is 12.3. The van der Waals surface area contributed by atoms with Crippen LogP contribution in [0.3, 0.4) is 0 Å². The van der Waals surface area contributed by atoms with Crippen molar-refractivity contribution < 1.29 is 9.47 Å². The highest BCUT2D eigenvalue weighted by molar-refractivity contribution is 6.12. The van der Waals surface area contributed by atoms with Gasteiger partial charge in [0.25, 0.3) is 0 Å². The first-order valence-electron chi connectivity index (χ1n) is 9.37. The van der Waals surface area contributed by atoms with Gasteiger partial charge in [-0.05, 0) is 55.5 Å². The minimum Gasteiger partial charge on any atom is -0.449 e. The zero-order valence-corrected chi connectivity index (χ0v) is 15.3. The molecule has 0 amide bonds. The van der Waals surface area contributed by atoms with Gasteiger partial charge >= 0.3 is 0 Å². The van der Waals surface area contributed by atoms with E-state index in [1.165, 1.54) is 10.9 Å². The Kier molecular flexibility index (Phi) is 3.09. The van der Waals surface area contributed by atoms with E-state index in [-0.39, 0.29) is 0 Å². The molecule has 5 aromatic rings. The Balaban J connectivity index is 1.75. The highest BCUT2D eigenvalue weighted by Crippen LogP contribution is 2.50. The summed E-state index contributed by atoms with van der Waals surface area (Å²) in [6.45, 7) is 2.12. The summed E-state index contributed by atoms with van der Waals surface area (Å²) in [6, 6.07) is 28.9. The summed E-state index contributed by atoms with van der Waals surface area (Å²) in [7, 11) is 0. The molecule has 4 aromatic carbocycles. The maximum Gasteiger partial charge on any atom is 0.194 e. The zero-order valence-electron chi connectivity index (χ0n) is 15.3. The van der Waals surface area contributed by atoms with Gasteiger partial charge in [0.2, 0.25) is 0 Å². The molecule has 3 nitrogen and oxygen atoms in total. The van der Waals surface area contributed by atoms with Crippen LogP contribution >= 0.6 is 0 Å². The van der Waals surface area contributed by atoms with E-state index >= 15 is 0 Å². The topological polar surface area (TPSA) is 23.4 Å². The van der Waals surface area contributed by atoms with Crippen LogP contribution in [-0.4, -0.2) is 4.57 Å². The molecule has 28 heavy (non-hydrogen) atoms. The first-order chi connectivity index (χ1) is 13.8. The largest absolute Gasteiger partial charge is 0.449 e. The first kappa shape index (κ1) is 15.3. The molecule has 3 heteroatoms. The maximum absolute atomic E-state index is 6.37. The van der Waals surface area contributed by atoms with Gasteiger partial charge in [-0.1, -0.05) is 42.0 Å². The van der Waals surface area contributed by atoms with Gasteiger partial charge in [0.05, 0.1) is 5.52 Å². The van der Waals surface area contributed by atoms with Crippen molar-refractivity contribution in [2.45, 2.75) is 6.92 Å². The lowest BCUT2D eigenvalue weighted by Crippen LogP contribution is -2.01. The Bertz CT molecular complexity index is 1370. The van der Waals surface area contributed by atoms with Crippen LogP contribution in [-0.2, 0) is 0 Å². The Morgan fingerprint density at radius 1 is 0.643 bits per heavy atom. The zero-order chi connectivity index (χ0) is 18.7. The minimum absolute atomic E-state index is 0.739. The molecule has 6 rings (SSSR count). The number of para-hydroxylation sites is 3. The monoisotopic (exact) mass is 363 g/mol. The van der Waals surface area contributed by atoms with E-state index in [4.69, 9.17) is 9.47 Å². The molecule has 1 aliphatic rings. The first-order valence-corrected chi connectivity index (χ1v) is 9.37. The minimum atomic E-state index is 0.739. The van der Waals surface area contributed by atoms with Crippen LogP contribution in [0.25, 0.3) is 27.5 Å². The number of ether oxygens (including phenoxy) is 2. The molecule has 0 bridgehead atoms. The summed E-state index contributed by atoms with van der Waals surface area (Å²) in [6.07, 6.45) is 0. The van der Waals surface area contributed by atoms with Gasteiger partial charge in [-0.15, -0.1) is 0 Å². The van der Waals surface area contributed by atoms with Crippen LogP contribution in [0.2, 0.25) is 0 Å². The predicted molar refractivity (Wildman–Crippen MR) is 112 cm³/mol. The second kappa shape index (κ2) is 5.64. The van der Waals surface area contributed by atoms with Crippen molar-refractivity contribution in [2.75, 3.05) is 0 Å². The second-order valence-electron chi connectivity index (χ2n) is 7.13. The summed E-state index contributed by atoms with van der Waals surface area (Å²) in [5.41, 5.74) is 4.52. The molecular formula is C25H17NO2. The number of hydrogen-bond acceptors (Lipinski definition) is 2. The lowest BCUT2D eigenvalue weighted by Gasteiger charge is -2.22.